The molecule has 0 aromatic heterocycles. The molecule has 2 rings (SSSR count). The van der Waals surface area contributed by atoms with E-state index in [1.807, 2.05) is 50.2 Å². The molecule has 1 atom stereocenters. The zero-order valence-electron chi connectivity index (χ0n) is 13.6. The quantitative estimate of drug-likeness (QED) is 0.785. The van der Waals surface area contributed by atoms with Crippen LogP contribution in [0.25, 0.3) is 0 Å². The van der Waals surface area contributed by atoms with Crippen LogP contribution < -0.4 is 5.32 Å². The summed E-state index contributed by atoms with van der Waals surface area (Å²) in [4.78, 5) is 0. The van der Waals surface area contributed by atoms with Crippen molar-refractivity contribution in [2.45, 2.75) is 32.1 Å². The Bertz CT molecular complexity index is 601. The van der Waals surface area contributed by atoms with Gasteiger partial charge in [-0.15, -0.1) is 0 Å². The molecule has 0 heterocycles. The number of aliphatic hydroxyl groups is 1. The van der Waals surface area contributed by atoms with Crippen molar-refractivity contribution in [3.8, 4) is 0 Å². The second-order valence-electron chi connectivity index (χ2n) is 6.17. The van der Waals surface area contributed by atoms with Crippen molar-refractivity contribution in [2.75, 3.05) is 13.2 Å². The minimum atomic E-state index is -0.619. The number of ether oxygens (including phenoxy) is 1. The number of benzene rings is 2. The van der Waals surface area contributed by atoms with Gasteiger partial charge in [-0.1, -0.05) is 42.5 Å². The molecule has 0 saturated carbocycles. The average molecular weight is 317 g/mol. The van der Waals surface area contributed by atoms with E-state index in [0.29, 0.717) is 13.2 Å². The van der Waals surface area contributed by atoms with Crippen molar-refractivity contribution in [3.63, 3.8) is 0 Å². The lowest BCUT2D eigenvalue weighted by Gasteiger charge is -2.28. The monoisotopic (exact) mass is 317 g/mol. The first-order valence-corrected chi connectivity index (χ1v) is 7.78. The van der Waals surface area contributed by atoms with Crippen LogP contribution in [0.3, 0.4) is 0 Å². The molecule has 4 heteroatoms. The van der Waals surface area contributed by atoms with Crippen LogP contribution in [0.2, 0.25) is 0 Å². The molecule has 0 aliphatic rings. The average Bonchev–Trinajstić information content (AvgIpc) is 2.54. The van der Waals surface area contributed by atoms with Crippen LogP contribution >= 0.6 is 0 Å². The fraction of sp³-hybridized carbons (Fsp3) is 0.368. The van der Waals surface area contributed by atoms with Crippen molar-refractivity contribution in [1.82, 2.24) is 5.32 Å². The molecular formula is C19H24FNO2. The Morgan fingerprint density at radius 2 is 1.87 bits per heavy atom. The van der Waals surface area contributed by atoms with Gasteiger partial charge in [0.05, 0.1) is 19.3 Å². The Morgan fingerprint density at radius 3 is 2.57 bits per heavy atom. The highest BCUT2D eigenvalue weighted by Gasteiger charge is 2.21. The Labute approximate surface area is 137 Å². The van der Waals surface area contributed by atoms with Crippen molar-refractivity contribution < 1.29 is 14.2 Å². The minimum Gasteiger partial charge on any atom is -0.389 e. The summed E-state index contributed by atoms with van der Waals surface area (Å²) in [7, 11) is 0. The molecular weight excluding hydrogens is 293 g/mol. The molecule has 2 aromatic rings. The first-order chi connectivity index (χ1) is 11.0. The summed E-state index contributed by atoms with van der Waals surface area (Å²) in [5.74, 6) is -0.260. The van der Waals surface area contributed by atoms with E-state index in [0.717, 1.165) is 11.1 Å². The number of rotatable bonds is 8. The highest BCUT2D eigenvalue weighted by Crippen LogP contribution is 2.20. The minimum absolute atomic E-state index is 0.251. The highest BCUT2D eigenvalue weighted by atomic mass is 19.1. The van der Waals surface area contributed by atoms with Gasteiger partial charge >= 0.3 is 0 Å². The van der Waals surface area contributed by atoms with Crippen molar-refractivity contribution in [1.29, 1.82) is 0 Å². The van der Waals surface area contributed by atoms with E-state index in [1.54, 1.807) is 6.07 Å². The molecule has 3 nitrogen and oxygen atoms in total. The number of hydrogen-bond acceptors (Lipinski definition) is 3. The predicted molar refractivity (Wildman–Crippen MR) is 89.5 cm³/mol. The summed E-state index contributed by atoms with van der Waals surface area (Å²) in [6.45, 7) is 5.02. The Kier molecular flexibility index (Phi) is 6.28. The number of nitrogens with one attached hydrogen (secondary N) is 1. The topological polar surface area (TPSA) is 41.5 Å². The van der Waals surface area contributed by atoms with Crippen LogP contribution in [0.5, 0.6) is 0 Å². The Hall–Kier alpha value is -1.75. The maximum Gasteiger partial charge on any atom is 0.123 e. The number of halogens is 1. The normalized spacial score (nSPS) is 13.0. The maximum atomic E-state index is 13.3. The zero-order valence-corrected chi connectivity index (χ0v) is 13.6. The molecule has 0 saturated heterocycles. The lowest BCUT2D eigenvalue weighted by atomic mass is 9.94. The van der Waals surface area contributed by atoms with Crippen molar-refractivity contribution in [2.24, 2.45) is 0 Å². The molecule has 0 bridgehead atoms. The molecule has 0 spiro atoms. The highest BCUT2D eigenvalue weighted by molar-refractivity contribution is 5.23. The lowest BCUT2D eigenvalue weighted by Crippen LogP contribution is -2.42. The van der Waals surface area contributed by atoms with Crippen molar-refractivity contribution >= 4 is 0 Å². The van der Waals surface area contributed by atoms with E-state index in [-0.39, 0.29) is 12.4 Å². The van der Waals surface area contributed by atoms with Gasteiger partial charge in [0.1, 0.15) is 5.82 Å². The van der Waals surface area contributed by atoms with Crippen LogP contribution in [0, 0.1) is 5.82 Å². The molecule has 1 unspecified atom stereocenters. The molecule has 23 heavy (non-hydrogen) atoms. The third-order valence-electron chi connectivity index (χ3n) is 3.75. The van der Waals surface area contributed by atoms with Crippen LogP contribution in [-0.4, -0.2) is 24.4 Å². The number of hydrogen-bond donors (Lipinski definition) is 2. The summed E-state index contributed by atoms with van der Waals surface area (Å²) >= 11 is 0. The van der Waals surface area contributed by atoms with Crippen LogP contribution in [-0.2, 0) is 16.9 Å². The standard InChI is InChI=1S/C19H24FNO2/c1-19(2,16-9-6-10-17(20)11-16)21-12-18(22)14-23-13-15-7-4-3-5-8-15/h3-11,18,21-22H,12-14H2,1-2H3. The van der Waals surface area contributed by atoms with E-state index in [9.17, 15) is 9.50 Å². The molecule has 2 aromatic carbocycles. The van der Waals surface area contributed by atoms with Gasteiger partial charge in [-0.05, 0) is 37.1 Å². The van der Waals surface area contributed by atoms with Gasteiger partial charge in [0.25, 0.3) is 0 Å². The molecule has 124 valence electrons. The number of aliphatic hydroxyl groups excluding tert-OH is 1. The van der Waals surface area contributed by atoms with Gasteiger partial charge in [0, 0.05) is 12.1 Å². The van der Waals surface area contributed by atoms with E-state index in [4.69, 9.17) is 4.74 Å². The smallest absolute Gasteiger partial charge is 0.123 e. The lowest BCUT2D eigenvalue weighted by molar-refractivity contribution is 0.0256. The fourth-order valence-corrected chi connectivity index (χ4v) is 2.30. The fourth-order valence-electron chi connectivity index (χ4n) is 2.30. The first-order valence-electron chi connectivity index (χ1n) is 7.78. The summed E-state index contributed by atoms with van der Waals surface area (Å²) < 4.78 is 18.8. The van der Waals surface area contributed by atoms with Gasteiger partial charge < -0.3 is 15.2 Å². The third kappa shape index (κ3) is 5.75. The van der Waals surface area contributed by atoms with E-state index in [1.165, 1.54) is 12.1 Å². The second kappa shape index (κ2) is 8.20. The molecule has 0 aliphatic heterocycles. The maximum absolute atomic E-state index is 13.3. The van der Waals surface area contributed by atoms with E-state index in [2.05, 4.69) is 5.32 Å². The zero-order chi connectivity index (χ0) is 16.7. The van der Waals surface area contributed by atoms with E-state index < -0.39 is 11.6 Å². The predicted octanol–water partition coefficient (Wildman–Crippen LogP) is 3.23. The summed E-state index contributed by atoms with van der Waals surface area (Å²) in [5.41, 5.74) is 1.49. The molecule has 0 amide bonds. The summed E-state index contributed by atoms with van der Waals surface area (Å²) in [6.07, 6.45) is -0.619. The Balaban J connectivity index is 1.76. The molecule has 0 fully saturated rings. The summed E-state index contributed by atoms with van der Waals surface area (Å²) in [6, 6.07) is 16.3. The second-order valence-corrected chi connectivity index (χ2v) is 6.17. The van der Waals surface area contributed by atoms with E-state index >= 15 is 0 Å². The largest absolute Gasteiger partial charge is 0.389 e. The summed E-state index contributed by atoms with van der Waals surface area (Å²) in [5, 5.41) is 13.3. The van der Waals surface area contributed by atoms with Crippen LogP contribution in [0.15, 0.2) is 54.6 Å². The van der Waals surface area contributed by atoms with Crippen molar-refractivity contribution in [3.05, 3.63) is 71.5 Å². The van der Waals surface area contributed by atoms with Gasteiger partial charge in [-0.3, -0.25) is 0 Å². The van der Waals surface area contributed by atoms with Gasteiger partial charge in [0.15, 0.2) is 0 Å². The Morgan fingerprint density at radius 1 is 1.13 bits per heavy atom. The molecule has 0 aliphatic carbocycles. The first kappa shape index (κ1) is 17.6. The van der Waals surface area contributed by atoms with Gasteiger partial charge in [-0.25, -0.2) is 4.39 Å². The SMILES string of the molecule is CC(C)(NCC(O)COCc1ccccc1)c1cccc(F)c1. The van der Waals surface area contributed by atoms with Crippen LogP contribution in [0.1, 0.15) is 25.0 Å². The molecule has 0 radical (unpaired) electrons. The van der Waals surface area contributed by atoms with Gasteiger partial charge in [-0.2, -0.15) is 0 Å². The third-order valence-corrected chi connectivity index (χ3v) is 3.75. The molecule has 2 N–H and O–H groups in total. The van der Waals surface area contributed by atoms with Crippen LogP contribution in [0.4, 0.5) is 4.39 Å². The van der Waals surface area contributed by atoms with Gasteiger partial charge in [0.2, 0.25) is 0 Å².